The van der Waals surface area contributed by atoms with E-state index in [1.807, 2.05) is 0 Å². The highest BCUT2D eigenvalue weighted by Gasteiger charge is 2.24. The summed E-state index contributed by atoms with van der Waals surface area (Å²) in [6.07, 6.45) is 0. The Bertz CT molecular complexity index is 498. The largest absolute Gasteiger partial charge is 0.469 e. The van der Waals surface area contributed by atoms with Gasteiger partial charge in [-0.1, -0.05) is 25.1 Å². The molecule has 1 unspecified atom stereocenters. The van der Waals surface area contributed by atoms with Crippen molar-refractivity contribution in [3.63, 3.8) is 0 Å². The lowest BCUT2D eigenvalue weighted by Gasteiger charge is -2.19. The molecule has 0 aliphatic carbocycles. The quantitative estimate of drug-likeness (QED) is 0.753. The molecule has 18 heavy (non-hydrogen) atoms. The number of rotatable bonds is 5. The van der Waals surface area contributed by atoms with Gasteiger partial charge in [-0.25, -0.2) is 12.7 Å². The van der Waals surface area contributed by atoms with Gasteiger partial charge in [-0.05, 0) is 12.1 Å². The lowest BCUT2D eigenvalue weighted by molar-refractivity contribution is -0.144. The molecule has 100 valence electrons. The standard InChI is InChI=1S/C12H17NO4S/c1-10(12(14)17-3)9-13(2)18(15,16)11-7-5-4-6-8-11/h4-8,10H,9H2,1-3H3. The molecule has 0 aliphatic rings. The molecule has 0 aliphatic heterocycles. The monoisotopic (exact) mass is 271 g/mol. The lowest BCUT2D eigenvalue weighted by atomic mass is 10.2. The maximum atomic E-state index is 12.2. The first-order chi connectivity index (χ1) is 8.39. The van der Waals surface area contributed by atoms with Crippen LogP contribution in [0, 0.1) is 5.92 Å². The Morgan fingerprint density at radius 3 is 2.39 bits per heavy atom. The van der Waals surface area contributed by atoms with Crippen LogP contribution in [0.1, 0.15) is 6.92 Å². The van der Waals surface area contributed by atoms with Crippen molar-refractivity contribution in [2.45, 2.75) is 11.8 Å². The van der Waals surface area contributed by atoms with E-state index in [1.165, 1.54) is 26.3 Å². The highest BCUT2D eigenvalue weighted by atomic mass is 32.2. The fourth-order valence-electron chi connectivity index (χ4n) is 1.53. The highest BCUT2D eigenvalue weighted by molar-refractivity contribution is 7.89. The Kier molecular flexibility index (Phi) is 4.86. The molecule has 0 saturated heterocycles. The number of carbonyl (C=O) groups excluding carboxylic acids is 1. The van der Waals surface area contributed by atoms with Crippen molar-refractivity contribution < 1.29 is 17.9 Å². The van der Waals surface area contributed by atoms with E-state index < -0.39 is 21.9 Å². The van der Waals surface area contributed by atoms with Crippen molar-refractivity contribution in [3.8, 4) is 0 Å². The topological polar surface area (TPSA) is 63.7 Å². The fraction of sp³-hybridized carbons (Fsp3) is 0.417. The molecule has 1 atom stereocenters. The van der Waals surface area contributed by atoms with Gasteiger partial charge in [0.15, 0.2) is 0 Å². The van der Waals surface area contributed by atoms with Gasteiger partial charge >= 0.3 is 5.97 Å². The minimum Gasteiger partial charge on any atom is -0.469 e. The molecule has 1 aromatic carbocycles. The second-order valence-corrected chi connectivity index (χ2v) is 6.07. The molecule has 0 saturated carbocycles. The fourth-order valence-corrected chi connectivity index (χ4v) is 2.81. The first-order valence-electron chi connectivity index (χ1n) is 5.48. The second kappa shape index (κ2) is 5.97. The molecule has 0 radical (unpaired) electrons. The number of sulfonamides is 1. The number of carbonyl (C=O) groups is 1. The van der Waals surface area contributed by atoms with Crippen molar-refractivity contribution in [3.05, 3.63) is 30.3 Å². The third-order valence-corrected chi connectivity index (χ3v) is 4.42. The first kappa shape index (κ1) is 14.7. The van der Waals surface area contributed by atoms with E-state index in [4.69, 9.17) is 0 Å². The second-order valence-electron chi connectivity index (χ2n) is 4.02. The van der Waals surface area contributed by atoms with Crippen LogP contribution < -0.4 is 0 Å². The number of hydrogen-bond acceptors (Lipinski definition) is 4. The summed E-state index contributed by atoms with van der Waals surface area (Å²) in [5.41, 5.74) is 0. The summed E-state index contributed by atoms with van der Waals surface area (Å²) in [6.45, 7) is 1.72. The molecule has 5 nitrogen and oxygen atoms in total. The van der Waals surface area contributed by atoms with Gasteiger partial charge in [-0.2, -0.15) is 0 Å². The molecule has 0 aromatic heterocycles. The average molecular weight is 271 g/mol. The molecule has 6 heteroatoms. The number of nitrogens with zero attached hydrogens (tertiary/aromatic N) is 1. The van der Waals surface area contributed by atoms with Gasteiger partial charge in [0, 0.05) is 13.6 Å². The third kappa shape index (κ3) is 3.30. The van der Waals surface area contributed by atoms with E-state index in [1.54, 1.807) is 25.1 Å². The van der Waals surface area contributed by atoms with E-state index in [0.717, 1.165) is 4.31 Å². The van der Waals surface area contributed by atoms with Crippen molar-refractivity contribution in [1.29, 1.82) is 0 Å². The van der Waals surface area contributed by atoms with E-state index >= 15 is 0 Å². The van der Waals surface area contributed by atoms with Crippen molar-refractivity contribution in [2.24, 2.45) is 5.92 Å². The van der Waals surface area contributed by atoms with Gasteiger partial charge in [-0.15, -0.1) is 0 Å². The van der Waals surface area contributed by atoms with Crippen LogP contribution in [-0.2, 0) is 19.6 Å². The molecule has 0 heterocycles. The van der Waals surface area contributed by atoms with Gasteiger partial charge in [-0.3, -0.25) is 4.79 Å². The summed E-state index contributed by atoms with van der Waals surface area (Å²) in [5, 5.41) is 0. The highest BCUT2D eigenvalue weighted by Crippen LogP contribution is 2.15. The van der Waals surface area contributed by atoms with Gasteiger partial charge in [0.05, 0.1) is 17.9 Å². The van der Waals surface area contributed by atoms with E-state index in [-0.39, 0.29) is 11.4 Å². The Morgan fingerprint density at radius 2 is 1.89 bits per heavy atom. The minimum atomic E-state index is -3.55. The smallest absolute Gasteiger partial charge is 0.309 e. The van der Waals surface area contributed by atoms with Crippen LogP contribution in [0.4, 0.5) is 0 Å². The molecular formula is C12H17NO4S. The summed E-state index contributed by atoms with van der Waals surface area (Å²) in [6, 6.07) is 8.11. The molecule has 1 rings (SSSR count). The van der Waals surface area contributed by atoms with Crippen molar-refractivity contribution >= 4 is 16.0 Å². The molecule has 0 N–H and O–H groups in total. The predicted molar refractivity (Wildman–Crippen MR) is 67.4 cm³/mol. The van der Waals surface area contributed by atoms with Crippen LogP contribution in [0.25, 0.3) is 0 Å². The zero-order valence-corrected chi connectivity index (χ0v) is 11.5. The van der Waals surface area contributed by atoms with Crippen LogP contribution in [0.3, 0.4) is 0 Å². The van der Waals surface area contributed by atoms with Crippen molar-refractivity contribution in [2.75, 3.05) is 20.7 Å². The Morgan fingerprint density at radius 1 is 1.33 bits per heavy atom. The van der Waals surface area contributed by atoms with Crippen LogP contribution in [0.15, 0.2) is 35.2 Å². The summed E-state index contributed by atoms with van der Waals surface area (Å²) in [4.78, 5) is 11.5. The number of esters is 1. The lowest BCUT2D eigenvalue weighted by Crippen LogP contribution is -2.34. The summed E-state index contributed by atoms with van der Waals surface area (Å²) >= 11 is 0. The zero-order chi connectivity index (χ0) is 13.8. The number of ether oxygens (including phenoxy) is 1. The molecule has 0 amide bonds. The molecule has 0 bridgehead atoms. The van der Waals surface area contributed by atoms with Gasteiger partial charge < -0.3 is 4.74 Å². The van der Waals surface area contributed by atoms with Crippen LogP contribution >= 0.6 is 0 Å². The number of benzene rings is 1. The SMILES string of the molecule is COC(=O)C(C)CN(C)S(=O)(=O)c1ccccc1. The van der Waals surface area contributed by atoms with Crippen LogP contribution in [0.5, 0.6) is 0 Å². The van der Waals surface area contributed by atoms with Crippen molar-refractivity contribution in [1.82, 2.24) is 4.31 Å². The summed E-state index contributed by atoms with van der Waals surface area (Å²) in [5.74, 6) is -0.927. The zero-order valence-electron chi connectivity index (χ0n) is 10.7. The normalized spacial score (nSPS) is 13.3. The maximum absolute atomic E-state index is 12.2. The predicted octanol–water partition coefficient (Wildman–Crippen LogP) is 1.12. The Labute approximate surface area is 107 Å². The van der Waals surface area contributed by atoms with Crippen LogP contribution in [0.2, 0.25) is 0 Å². The number of methoxy groups -OCH3 is 1. The Hall–Kier alpha value is -1.40. The molecule has 0 spiro atoms. The van der Waals surface area contributed by atoms with E-state index in [9.17, 15) is 13.2 Å². The maximum Gasteiger partial charge on any atom is 0.309 e. The molecule has 1 aromatic rings. The molecule has 0 fully saturated rings. The third-order valence-electron chi connectivity index (χ3n) is 2.59. The summed E-state index contributed by atoms with van der Waals surface area (Å²) < 4.78 is 30.0. The van der Waals surface area contributed by atoms with Gasteiger partial charge in [0.25, 0.3) is 0 Å². The van der Waals surface area contributed by atoms with Crippen LogP contribution in [-0.4, -0.2) is 39.4 Å². The minimum absolute atomic E-state index is 0.0872. The van der Waals surface area contributed by atoms with E-state index in [2.05, 4.69) is 4.74 Å². The summed E-state index contributed by atoms with van der Waals surface area (Å²) in [7, 11) is -0.822. The molecular weight excluding hydrogens is 254 g/mol. The number of hydrogen-bond donors (Lipinski definition) is 0. The first-order valence-corrected chi connectivity index (χ1v) is 6.92. The van der Waals surface area contributed by atoms with Gasteiger partial charge in [0.2, 0.25) is 10.0 Å². The Balaban J connectivity index is 2.84. The average Bonchev–Trinajstić information content (AvgIpc) is 2.38. The van der Waals surface area contributed by atoms with E-state index in [0.29, 0.717) is 0 Å². The van der Waals surface area contributed by atoms with Gasteiger partial charge in [0.1, 0.15) is 0 Å².